The molecule has 1 aromatic carbocycles. The minimum Gasteiger partial charge on any atom is -0.475 e. The molecule has 2 fully saturated rings. The van der Waals surface area contributed by atoms with Crippen LogP contribution < -0.4 is 14.2 Å². The monoisotopic (exact) mass is 468 g/mol. The van der Waals surface area contributed by atoms with Crippen LogP contribution in [0.2, 0.25) is 0 Å². The normalized spacial score (nSPS) is 25.1. The highest BCUT2D eigenvalue weighted by Gasteiger charge is 2.50. The number of hydrogen-bond donors (Lipinski definition) is 2. The first-order valence-electron chi connectivity index (χ1n) is 9.31. The molecule has 0 spiro atoms. The predicted molar refractivity (Wildman–Crippen MR) is 101 cm³/mol. The van der Waals surface area contributed by atoms with Crippen molar-refractivity contribution in [1.82, 2.24) is 9.62 Å². The van der Waals surface area contributed by atoms with Crippen molar-refractivity contribution in [3.8, 4) is 11.5 Å². The van der Waals surface area contributed by atoms with E-state index >= 15 is 0 Å². The van der Waals surface area contributed by atoms with Crippen molar-refractivity contribution in [2.24, 2.45) is 11.3 Å². The number of benzene rings is 1. The summed E-state index contributed by atoms with van der Waals surface area (Å²) < 4.78 is 73.8. The second kappa shape index (κ2) is 8.81. The molecule has 0 saturated carbocycles. The van der Waals surface area contributed by atoms with E-state index in [1.165, 1.54) is 11.8 Å². The lowest BCUT2D eigenvalue weighted by atomic mass is 9.81. The van der Waals surface area contributed by atoms with Crippen LogP contribution in [0.1, 0.15) is 5.56 Å². The summed E-state index contributed by atoms with van der Waals surface area (Å²) >= 11 is 0. The van der Waals surface area contributed by atoms with Gasteiger partial charge in [0.05, 0.1) is 19.5 Å². The van der Waals surface area contributed by atoms with E-state index in [0.717, 1.165) is 31.1 Å². The fourth-order valence-corrected chi connectivity index (χ4v) is 4.44. The number of ether oxygens (including phenoxy) is 3. The van der Waals surface area contributed by atoms with Gasteiger partial charge in [0.15, 0.2) is 11.5 Å². The maximum absolute atomic E-state index is 11.5. The van der Waals surface area contributed by atoms with Crippen molar-refractivity contribution in [1.29, 1.82) is 0 Å². The number of carbonyl (C=O) groups is 1. The Balaban J connectivity index is 0.000000339. The number of carboxylic acid groups (broad SMARTS) is 1. The Bertz CT molecular complexity index is 925. The van der Waals surface area contributed by atoms with Gasteiger partial charge in [0.25, 0.3) is 0 Å². The molecule has 174 valence electrons. The van der Waals surface area contributed by atoms with Crippen molar-refractivity contribution >= 4 is 16.0 Å². The number of aliphatic carboxylic acids is 1. The van der Waals surface area contributed by atoms with Gasteiger partial charge in [-0.05, 0) is 17.7 Å². The number of alkyl halides is 3. The van der Waals surface area contributed by atoms with Gasteiger partial charge in [0.2, 0.25) is 16.8 Å². The third kappa shape index (κ3) is 5.99. The molecule has 2 N–H and O–H groups in total. The van der Waals surface area contributed by atoms with Crippen LogP contribution in [0.15, 0.2) is 18.2 Å². The molecule has 13 heteroatoms. The summed E-state index contributed by atoms with van der Waals surface area (Å²) in [4.78, 5) is 11.3. The molecule has 0 aliphatic carbocycles. The molecule has 2 atom stereocenters. The zero-order valence-corrected chi connectivity index (χ0v) is 17.5. The summed E-state index contributed by atoms with van der Waals surface area (Å²) in [7, 11) is -3.19. The van der Waals surface area contributed by atoms with Crippen LogP contribution in [0.25, 0.3) is 0 Å². The molecular weight excluding hydrogens is 445 g/mol. The third-order valence-corrected chi connectivity index (χ3v) is 6.03. The van der Waals surface area contributed by atoms with Crippen LogP contribution in [0.4, 0.5) is 13.2 Å². The number of likely N-dealkylation sites (tertiary alicyclic amines) is 1. The Hall–Kier alpha value is -2.09. The molecule has 2 saturated heterocycles. The Morgan fingerprint density at radius 2 is 2.00 bits per heavy atom. The van der Waals surface area contributed by atoms with E-state index < -0.39 is 22.2 Å². The number of hydrogen-bond acceptors (Lipinski definition) is 7. The average Bonchev–Trinajstić information content (AvgIpc) is 3.32. The van der Waals surface area contributed by atoms with Crippen molar-refractivity contribution in [2.45, 2.75) is 12.7 Å². The summed E-state index contributed by atoms with van der Waals surface area (Å²) in [6.45, 7) is 4.58. The highest BCUT2D eigenvalue weighted by Crippen LogP contribution is 2.42. The quantitative estimate of drug-likeness (QED) is 0.659. The molecule has 31 heavy (non-hydrogen) atoms. The second-order valence-electron chi connectivity index (χ2n) is 7.83. The molecule has 1 aromatic rings. The van der Waals surface area contributed by atoms with E-state index in [4.69, 9.17) is 24.1 Å². The highest BCUT2D eigenvalue weighted by atomic mass is 32.2. The summed E-state index contributed by atoms with van der Waals surface area (Å²) in [6.07, 6.45) is -3.88. The van der Waals surface area contributed by atoms with Crippen LogP contribution in [-0.2, 0) is 26.1 Å². The Morgan fingerprint density at radius 3 is 2.65 bits per heavy atom. The standard InChI is InChI=1S/C16H22N2O5S.C2HF3O2/c1-24(19,20)17-8-16-9-18(6-13(16)7-21-10-16)5-12-2-3-14-15(4-12)23-11-22-14;3-2(4,5)1(6)7/h2-4,13,17H,5-11H2,1H3;(H,6,7)/t13-,16+;/m1./s1. The van der Waals surface area contributed by atoms with E-state index in [0.29, 0.717) is 25.7 Å². The van der Waals surface area contributed by atoms with Crippen molar-refractivity contribution in [3.05, 3.63) is 23.8 Å². The minimum absolute atomic E-state index is 0.126. The van der Waals surface area contributed by atoms with Crippen LogP contribution in [0.5, 0.6) is 11.5 Å². The molecular formula is C18H23F3N2O7S. The molecule has 3 heterocycles. The van der Waals surface area contributed by atoms with Gasteiger partial charge in [0, 0.05) is 37.5 Å². The lowest BCUT2D eigenvalue weighted by Crippen LogP contribution is -2.42. The number of sulfonamides is 1. The smallest absolute Gasteiger partial charge is 0.475 e. The van der Waals surface area contributed by atoms with Gasteiger partial charge in [-0.25, -0.2) is 17.9 Å². The van der Waals surface area contributed by atoms with E-state index in [-0.39, 0.29) is 12.2 Å². The predicted octanol–water partition coefficient (Wildman–Crippen LogP) is 1.05. The van der Waals surface area contributed by atoms with Gasteiger partial charge in [-0.15, -0.1) is 0 Å². The van der Waals surface area contributed by atoms with E-state index in [1.54, 1.807) is 0 Å². The number of nitrogens with zero attached hydrogens (tertiary/aromatic N) is 1. The molecule has 9 nitrogen and oxygen atoms in total. The summed E-state index contributed by atoms with van der Waals surface area (Å²) in [5.41, 5.74) is 1.05. The van der Waals surface area contributed by atoms with Gasteiger partial charge in [-0.1, -0.05) is 6.07 Å². The first-order valence-corrected chi connectivity index (χ1v) is 11.2. The van der Waals surface area contributed by atoms with Gasteiger partial charge in [0.1, 0.15) is 0 Å². The Kier molecular flexibility index (Phi) is 6.69. The van der Waals surface area contributed by atoms with E-state index in [1.807, 2.05) is 12.1 Å². The summed E-state index contributed by atoms with van der Waals surface area (Å²) in [5, 5.41) is 7.12. The number of carboxylic acids is 1. The van der Waals surface area contributed by atoms with Gasteiger partial charge in [-0.2, -0.15) is 13.2 Å². The molecule has 0 radical (unpaired) electrons. The lowest BCUT2D eigenvalue weighted by Gasteiger charge is -2.27. The van der Waals surface area contributed by atoms with Gasteiger partial charge < -0.3 is 19.3 Å². The number of rotatable bonds is 5. The van der Waals surface area contributed by atoms with Crippen LogP contribution in [0, 0.1) is 11.3 Å². The molecule has 4 rings (SSSR count). The molecule has 0 unspecified atom stereocenters. The molecule has 0 amide bonds. The largest absolute Gasteiger partial charge is 0.490 e. The maximum Gasteiger partial charge on any atom is 0.490 e. The zero-order valence-electron chi connectivity index (χ0n) is 16.6. The number of nitrogens with one attached hydrogen (secondary N) is 1. The van der Waals surface area contributed by atoms with Crippen molar-refractivity contribution in [2.75, 3.05) is 45.9 Å². The second-order valence-corrected chi connectivity index (χ2v) is 9.66. The van der Waals surface area contributed by atoms with Gasteiger partial charge >= 0.3 is 12.1 Å². The van der Waals surface area contributed by atoms with Crippen molar-refractivity contribution in [3.63, 3.8) is 0 Å². The zero-order chi connectivity index (χ0) is 22.9. The first kappa shape index (κ1) is 23.6. The third-order valence-electron chi connectivity index (χ3n) is 5.36. The van der Waals surface area contributed by atoms with Crippen LogP contribution >= 0.6 is 0 Å². The lowest BCUT2D eigenvalue weighted by molar-refractivity contribution is -0.192. The van der Waals surface area contributed by atoms with E-state index in [2.05, 4.69) is 15.7 Å². The minimum atomic E-state index is -5.08. The highest BCUT2D eigenvalue weighted by molar-refractivity contribution is 7.88. The van der Waals surface area contributed by atoms with Crippen molar-refractivity contribution < 1.29 is 45.7 Å². The average molecular weight is 468 g/mol. The number of fused-ring (bicyclic) bond motifs is 2. The number of halogens is 3. The molecule has 3 aliphatic heterocycles. The fraction of sp³-hybridized carbons (Fsp3) is 0.611. The molecule has 3 aliphatic rings. The Morgan fingerprint density at radius 1 is 1.32 bits per heavy atom. The Labute approximate surface area is 177 Å². The van der Waals surface area contributed by atoms with E-state index in [9.17, 15) is 21.6 Å². The SMILES string of the molecule is CS(=O)(=O)NC[C@]12COC[C@H]1CN(Cc1ccc3c(c1)OCO3)C2.O=C(O)C(F)(F)F. The van der Waals surface area contributed by atoms with Crippen LogP contribution in [-0.4, -0.2) is 76.5 Å². The van der Waals surface area contributed by atoms with Crippen LogP contribution in [0.3, 0.4) is 0 Å². The molecule has 0 aromatic heterocycles. The summed E-state index contributed by atoms with van der Waals surface area (Å²) in [5.74, 6) is -0.809. The first-order chi connectivity index (χ1) is 14.4. The molecule has 0 bridgehead atoms. The van der Waals surface area contributed by atoms with Gasteiger partial charge in [-0.3, -0.25) is 4.90 Å². The summed E-state index contributed by atoms with van der Waals surface area (Å²) in [6, 6.07) is 6.02. The topological polar surface area (TPSA) is 114 Å². The maximum atomic E-state index is 11.5. The fourth-order valence-electron chi connectivity index (χ4n) is 3.89.